The lowest BCUT2D eigenvalue weighted by molar-refractivity contribution is 0.260. The number of aryl methyl sites for hydroxylation is 1. The van der Waals surface area contributed by atoms with E-state index in [2.05, 4.69) is 34.1 Å². The van der Waals surface area contributed by atoms with Crippen molar-refractivity contribution in [3.8, 4) is 11.4 Å². The Morgan fingerprint density at radius 3 is 2.52 bits per heavy atom. The Morgan fingerprint density at radius 2 is 1.78 bits per heavy atom. The zero-order valence-electron chi connectivity index (χ0n) is 13.2. The fourth-order valence-electron chi connectivity index (χ4n) is 2.40. The monoisotopic (exact) mass is 311 g/mol. The van der Waals surface area contributed by atoms with Gasteiger partial charge in [-0.25, -0.2) is 4.39 Å². The van der Waals surface area contributed by atoms with Crippen LogP contribution in [-0.2, 0) is 13.1 Å². The van der Waals surface area contributed by atoms with Crippen molar-refractivity contribution in [2.75, 3.05) is 7.05 Å². The molecule has 0 radical (unpaired) electrons. The van der Waals surface area contributed by atoms with Crippen LogP contribution in [-0.4, -0.2) is 22.1 Å². The van der Waals surface area contributed by atoms with E-state index in [0.717, 1.165) is 12.1 Å². The maximum absolute atomic E-state index is 12.9. The zero-order chi connectivity index (χ0) is 16.2. The lowest BCUT2D eigenvalue weighted by Gasteiger charge is -2.15. The van der Waals surface area contributed by atoms with Gasteiger partial charge < -0.3 is 4.52 Å². The average Bonchev–Trinajstić information content (AvgIpc) is 2.98. The summed E-state index contributed by atoms with van der Waals surface area (Å²) in [5.41, 5.74) is 3.27. The van der Waals surface area contributed by atoms with E-state index >= 15 is 0 Å². The fourth-order valence-corrected chi connectivity index (χ4v) is 2.40. The Bertz CT molecular complexity index is 783. The highest BCUT2D eigenvalue weighted by atomic mass is 19.1. The van der Waals surface area contributed by atoms with Gasteiger partial charge in [-0.1, -0.05) is 29.4 Å². The summed E-state index contributed by atoms with van der Waals surface area (Å²) in [6, 6.07) is 14.3. The Balaban J connectivity index is 1.67. The summed E-state index contributed by atoms with van der Waals surface area (Å²) in [6.07, 6.45) is 0. The minimum Gasteiger partial charge on any atom is -0.338 e. The van der Waals surface area contributed by atoms with Gasteiger partial charge in [0.15, 0.2) is 0 Å². The third kappa shape index (κ3) is 3.81. The van der Waals surface area contributed by atoms with E-state index < -0.39 is 0 Å². The average molecular weight is 311 g/mol. The first kappa shape index (κ1) is 15.4. The molecule has 118 valence electrons. The molecule has 0 atom stereocenters. The van der Waals surface area contributed by atoms with Crippen LogP contribution in [0.25, 0.3) is 11.4 Å². The van der Waals surface area contributed by atoms with Crippen LogP contribution < -0.4 is 0 Å². The molecule has 5 heteroatoms. The van der Waals surface area contributed by atoms with Gasteiger partial charge in [0, 0.05) is 12.1 Å². The standard InChI is InChI=1S/C18H18FN3O/c1-13-5-3-4-6-15(13)11-22(2)12-17-20-18(21-23-17)14-7-9-16(19)10-8-14/h3-10H,11-12H2,1-2H3. The van der Waals surface area contributed by atoms with Gasteiger partial charge in [0.1, 0.15) is 5.82 Å². The molecule has 0 saturated carbocycles. The Kier molecular flexibility index (Phi) is 4.48. The van der Waals surface area contributed by atoms with Crippen molar-refractivity contribution in [3.05, 3.63) is 71.4 Å². The lowest BCUT2D eigenvalue weighted by atomic mass is 10.1. The van der Waals surface area contributed by atoms with Gasteiger partial charge >= 0.3 is 0 Å². The summed E-state index contributed by atoms with van der Waals surface area (Å²) in [4.78, 5) is 6.49. The van der Waals surface area contributed by atoms with Crippen molar-refractivity contribution in [3.63, 3.8) is 0 Å². The summed E-state index contributed by atoms with van der Waals surface area (Å²) in [5.74, 6) is 0.736. The van der Waals surface area contributed by atoms with Crippen LogP contribution in [0.2, 0.25) is 0 Å². The predicted octanol–water partition coefficient (Wildman–Crippen LogP) is 3.82. The zero-order valence-corrected chi connectivity index (χ0v) is 13.2. The third-order valence-corrected chi connectivity index (χ3v) is 3.68. The van der Waals surface area contributed by atoms with E-state index in [4.69, 9.17) is 4.52 Å². The summed E-state index contributed by atoms with van der Waals surface area (Å²) < 4.78 is 18.2. The summed E-state index contributed by atoms with van der Waals surface area (Å²) >= 11 is 0. The smallest absolute Gasteiger partial charge is 0.241 e. The topological polar surface area (TPSA) is 42.2 Å². The van der Waals surface area contributed by atoms with Gasteiger partial charge in [-0.2, -0.15) is 4.98 Å². The highest BCUT2D eigenvalue weighted by Crippen LogP contribution is 2.17. The van der Waals surface area contributed by atoms with Crippen molar-refractivity contribution < 1.29 is 8.91 Å². The Morgan fingerprint density at radius 1 is 1.04 bits per heavy atom. The van der Waals surface area contributed by atoms with E-state index in [-0.39, 0.29) is 5.82 Å². The Labute approximate surface area is 134 Å². The molecule has 0 spiro atoms. The molecule has 3 rings (SSSR count). The van der Waals surface area contributed by atoms with Gasteiger partial charge in [0.05, 0.1) is 6.54 Å². The molecule has 0 aliphatic rings. The van der Waals surface area contributed by atoms with E-state index in [0.29, 0.717) is 18.3 Å². The summed E-state index contributed by atoms with van der Waals surface area (Å²) in [6.45, 7) is 3.46. The SMILES string of the molecule is Cc1ccccc1CN(C)Cc1nc(-c2ccc(F)cc2)no1. The first-order valence-corrected chi connectivity index (χ1v) is 7.43. The molecular weight excluding hydrogens is 293 g/mol. The summed E-state index contributed by atoms with van der Waals surface area (Å²) in [7, 11) is 2.01. The molecule has 0 amide bonds. The molecule has 0 fully saturated rings. The molecule has 0 unspecified atom stereocenters. The first-order valence-electron chi connectivity index (χ1n) is 7.43. The molecule has 4 nitrogen and oxygen atoms in total. The third-order valence-electron chi connectivity index (χ3n) is 3.68. The maximum atomic E-state index is 12.9. The molecule has 0 aliphatic heterocycles. The van der Waals surface area contributed by atoms with Crippen LogP contribution >= 0.6 is 0 Å². The minimum absolute atomic E-state index is 0.282. The van der Waals surface area contributed by atoms with Gasteiger partial charge in [-0.15, -0.1) is 0 Å². The molecule has 23 heavy (non-hydrogen) atoms. The molecule has 1 heterocycles. The number of nitrogens with zero attached hydrogens (tertiary/aromatic N) is 3. The predicted molar refractivity (Wildman–Crippen MR) is 86.0 cm³/mol. The lowest BCUT2D eigenvalue weighted by Crippen LogP contribution is -2.18. The van der Waals surface area contributed by atoms with Gasteiger partial charge in [0.25, 0.3) is 0 Å². The number of rotatable bonds is 5. The van der Waals surface area contributed by atoms with Crippen LogP contribution in [0.1, 0.15) is 17.0 Å². The van der Waals surface area contributed by atoms with E-state index in [1.54, 1.807) is 12.1 Å². The molecule has 0 N–H and O–H groups in total. The number of halogens is 1. The molecule has 0 bridgehead atoms. The number of hydrogen-bond acceptors (Lipinski definition) is 4. The molecule has 0 aliphatic carbocycles. The second-order valence-corrected chi connectivity index (χ2v) is 5.62. The van der Waals surface area contributed by atoms with E-state index in [1.807, 2.05) is 19.2 Å². The highest BCUT2D eigenvalue weighted by molar-refractivity contribution is 5.53. The van der Waals surface area contributed by atoms with Gasteiger partial charge in [0.2, 0.25) is 11.7 Å². The van der Waals surface area contributed by atoms with Crippen molar-refractivity contribution in [1.29, 1.82) is 0 Å². The van der Waals surface area contributed by atoms with Gasteiger partial charge in [-0.3, -0.25) is 4.90 Å². The first-order chi connectivity index (χ1) is 11.1. The quantitative estimate of drug-likeness (QED) is 0.718. The molecule has 0 saturated heterocycles. The Hall–Kier alpha value is -2.53. The van der Waals surface area contributed by atoms with Crippen LogP contribution in [0.15, 0.2) is 53.1 Å². The van der Waals surface area contributed by atoms with E-state index in [9.17, 15) is 4.39 Å². The number of benzene rings is 2. The second-order valence-electron chi connectivity index (χ2n) is 5.62. The molecular formula is C18H18FN3O. The fraction of sp³-hybridized carbons (Fsp3) is 0.222. The van der Waals surface area contributed by atoms with E-state index in [1.165, 1.54) is 23.3 Å². The van der Waals surface area contributed by atoms with Crippen molar-refractivity contribution in [2.24, 2.45) is 0 Å². The largest absolute Gasteiger partial charge is 0.338 e. The van der Waals surface area contributed by atoms with Crippen molar-refractivity contribution in [2.45, 2.75) is 20.0 Å². The number of aromatic nitrogens is 2. The van der Waals surface area contributed by atoms with Crippen LogP contribution in [0.3, 0.4) is 0 Å². The molecule has 1 aromatic heterocycles. The van der Waals surface area contributed by atoms with Crippen molar-refractivity contribution in [1.82, 2.24) is 15.0 Å². The maximum Gasteiger partial charge on any atom is 0.241 e. The summed E-state index contributed by atoms with van der Waals surface area (Å²) in [5, 5.41) is 3.96. The highest BCUT2D eigenvalue weighted by Gasteiger charge is 2.11. The normalized spacial score (nSPS) is 11.1. The van der Waals surface area contributed by atoms with Crippen LogP contribution in [0, 0.1) is 12.7 Å². The minimum atomic E-state index is -0.282. The van der Waals surface area contributed by atoms with Crippen LogP contribution in [0.5, 0.6) is 0 Å². The second kappa shape index (κ2) is 6.71. The van der Waals surface area contributed by atoms with Crippen molar-refractivity contribution >= 4 is 0 Å². The van der Waals surface area contributed by atoms with Gasteiger partial charge in [-0.05, 0) is 49.4 Å². The molecule has 3 aromatic rings. The van der Waals surface area contributed by atoms with Crippen LogP contribution in [0.4, 0.5) is 4.39 Å². The molecule has 2 aromatic carbocycles. The number of hydrogen-bond donors (Lipinski definition) is 0.